The number of hydrogen-bond acceptors (Lipinski definition) is 5. The Morgan fingerprint density at radius 1 is 1.41 bits per heavy atom. The molecular weight excluding hydrogens is 242 g/mol. The number of rotatable bonds is 4. The summed E-state index contributed by atoms with van der Waals surface area (Å²) in [5, 5.41) is 7.78. The number of thioether (sulfide) groups is 1. The highest BCUT2D eigenvalue weighted by Gasteiger charge is 1.92. The normalized spacial score (nSPS) is 7.82. The highest BCUT2D eigenvalue weighted by molar-refractivity contribution is 7.99. The van der Waals surface area contributed by atoms with Crippen molar-refractivity contribution in [2.75, 3.05) is 5.75 Å². The minimum absolute atomic E-state index is 0.250. The molecule has 17 heavy (non-hydrogen) atoms. The highest BCUT2D eigenvalue weighted by Crippen LogP contribution is 2.12. The minimum Gasteiger partial charge on any atom is -0.483 e. The van der Waals surface area contributed by atoms with Crippen LogP contribution in [0.1, 0.15) is 19.8 Å². The summed E-state index contributed by atoms with van der Waals surface area (Å²) in [6.45, 7) is 1.94. The highest BCUT2D eigenvalue weighted by atomic mass is 32.2. The average molecular weight is 259 g/mol. The Labute approximate surface area is 105 Å². The first-order valence-corrected chi connectivity index (χ1v) is 5.88. The van der Waals surface area contributed by atoms with E-state index in [4.69, 9.17) is 14.7 Å². The summed E-state index contributed by atoms with van der Waals surface area (Å²) in [5.41, 5.74) is 4.17. The third-order valence-electron chi connectivity index (χ3n) is 1.27. The number of amides is 1. The molecule has 0 fully saturated rings. The molecule has 96 valence electrons. The molecule has 0 aliphatic heterocycles. The van der Waals surface area contributed by atoms with Crippen LogP contribution in [0.25, 0.3) is 0 Å². The number of carbonyl (C=O) groups excluding carboxylic acids is 1. The van der Waals surface area contributed by atoms with Gasteiger partial charge >= 0.3 is 0 Å². The Kier molecular flexibility index (Phi) is 17.5. The van der Waals surface area contributed by atoms with E-state index in [-0.39, 0.29) is 12.9 Å². The van der Waals surface area contributed by atoms with Crippen LogP contribution in [0.5, 0.6) is 0 Å². The lowest BCUT2D eigenvalue weighted by Crippen LogP contribution is -1.84. The van der Waals surface area contributed by atoms with Gasteiger partial charge < -0.3 is 10.8 Å². The van der Waals surface area contributed by atoms with Crippen molar-refractivity contribution in [2.24, 2.45) is 5.73 Å². The Hall–Kier alpha value is -1.63. The zero-order valence-corrected chi connectivity index (χ0v) is 10.5. The van der Waals surface area contributed by atoms with Crippen LogP contribution in [0.4, 0.5) is 0 Å². The fourth-order valence-corrected chi connectivity index (χ4v) is 1.55. The van der Waals surface area contributed by atoms with Gasteiger partial charge in [-0.15, -0.1) is 0 Å². The molecule has 0 bridgehead atoms. The van der Waals surface area contributed by atoms with E-state index in [1.807, 2.05) is 6.07 Å². The second kappa shape index (κ2) is 16.8. The van der Waals surface area contributed by atoms with Gasteiger partial charge in [-0.2, -0.15) is 0 Å². The first-order valence-electron chi connectivity index (χ1n) is 4.89. The number of hydrogen-bond donors (Lipinski definition) is 2. The molecule has 1 aromatic rings. The van der Waals surface area contributed by atoms with Crippen LogP contribution in [-0.4, -0.2) is 33.7 Å². The molecule has 0 saturated heterocycles. The zero-order chi connectivity index (χ0) is 13.4. The van der Waals surface area contributed by atoms with Gasteiger partial charge in [-0.05, 0) is 12.5 Å². The SMILES string of the molecule is CCCCSc1ncccn1.NC=O.O=CO. The lowest BCUT2D eigenvalue weighted by Gasteiger charge is -1.95. The summed E-state index contributed by atoms with van der Waals surface area (Å²) in [6.07, 6.45) is 6.28. The molecule has 1 amide bonds. The van der Waals surface area contributed by atoms with Crippen molar-refractivity contribution < 1.29 is 14.7 Å². The monoisotopic (exact) mass is 259 g/mol. The van der Waals surface area contributed by atoms with Gasteiger partial charge in [0.2, 0.25) is 6.41 Å². The van der Waals surface area contributed by atoms with Gasteiger partial charge in [0.05, 0.1) is 0 Å². The maximum Gasteiger partial charge on any atom is 0.290 e. The van der Waals surface area contributed by atoms with Crippen molar-refractivity contribution in [3.05, 3.63) is 18.5 Å². The van der Waals surface area contributed by atoms with Crippen LogP contribution in [-0.2, 0) is 9.59 Å². The molecule has 0 aliphatic rings. The molecule has 0 spiro atoms. The van der Waals surface area contributed by atoms with Crippen molar-refractivity contribution in [1.82, 2.24) is 9.97 Å². The number of carbonyl (C=O) groups is 2. The van der Waals surface area contributed by atoms with Gasteiger partial charge in [0, 0.05) is 18.1 Å². The smallest absolute Gasteiger partial charge is 0.290 e. The molecule has 7 heteroatoms. The number of nitrogens with two attached hydrogens (primary N) is 1. The molecule has 3 N–H and O–H groups in total. The Bertz CT molecular complexity index is 267. The lowest BCUT2D eigenvalue weighted by atomic mass is 10.4. The Balaban J connectivity index is 0. The number of unbranched alkanes of at least 4 members (excludes halogenated alkanes) is 1. The van der Waals surface area contributed by atoms with Crippen molar-refractivity contribution in [2.45, 2.75) is 24.9 Å². The predicted molar refractivity (Wildman–Crippen MR) is 66.6 cm³/mol. The molecule has 0 unspecified atom stereocenters. The molecule has 1 rings (SSSR count). The topological polar surface area (TPSA) is 106 Å². The van der Waals surface area contributed by atoms with Crippen LogP contribution in [0.15, 0.2) is 23.6 Å². The fraction of sp³-hybridized carbons (Fsp3) is 0.400. The molecule has 1 aromatic heterocycles. The number of aromatic nitrogens is 2. The van der Waals surface area contributed by atoms with Crippen LogP contribution in [0.3, 0.4) is 0 Å². The number of carboxylic acid groups (broad SMARTS) is 1. The number of primary amides is 1. The first-order chi connectivity index (χ1) is 8.26. The van der Waals surface area contributed by atoms with Crippen LogP contribution in [0.2, 0.25) is 0 Å². The molecule has 0 aromatic carbocycles. The van der Waals surface area contributed by atoms with E-state index < -0.39 is 0 Å². The van der Waals surface area contributed by atoms with E-state index in [2.05, 4.69) is 22.6 Å². The van der Waals surface area contributed by atoms with E-state index in [9.17, 15) is 0 Å². The molecular formula is C10H17N3O3S. The third kappa shape index (κ3) is 17.0. The number of nitrogens with zero attached hydrogens (tertiary/aromatic N) is 2. The molecule has 0 saturated carbocycles. The average Bonchev–Trinajstić information content (AvgIpc) is 2.33. The van der Waals surface area contributed by atoms with Gasteiger partial charge in [-0.3, -0.25) is 9.59 Å². The summed E-state index contributed by atoms with van der Waals surface area (Å²) in [5.74, 6) is 1.13. The van der Waals surface area contributed by atoms with Gasteiger partial charge in [0.25, 0.3) is 6.47 Å². The minimum atomic E-state index is -0.250. The standard InChI is InChI=1S/C8H12N2S.CH3NO.CH2O2/c1-2-3-7-11-8-9-5-4-6-10-8;2*2-1-3/h4-6H,2-3,7H2,1H3;1H,(H2,2,3);1H,(H,2,3). The summed E-state index contributed by atoms with van der Waals surface area (Å²) in [7, 11) is 0. The van der Waals surface area contributed by atoms with Gasteiger partial charge in [-0.25, -0.2) is 9.97 Å². The molecule has 0 atom stereocenters. The maximum atomic E-state index is 8.58. The van der Waals surface area contributed by atoms with Crippen LogP contribution < -0.4 is 5.73 Å². The van der Waals surface area contributed by atoms with Crippen molar-refractivity contribution in [3.63, 3.8) is 0 Å². The van der Waals surface area contributed by atoms with E-state index in [0.29, 0.717) is 0 Å². The van der Waals surface area contributed by atoms with Crippen molar-refractivity contribution in [3.8, 4) is 0 Å². The zero-order valence-electron chi connectivity index (χ0n) is 9.65. The summed E-state index contributed by atoms with van der Waals surface area (Å²) in [6, 6.07) is 1.84. The Morgan fingerprint density at radius 2 is 1.88 bits per heavy atom. The lowest BCUT2D eigenvalue weighted by molar-refractivity contribution is -0.122. The summed E-state index contributed by atoms with van der Waals surface area (Å²) in [4.78, 5) is 25.1. The third-order valence-corrected chi connectivity index (χ3v) is 2.23. The van der Waals surface area contributed by atoms with Crippen LogP contribution >= 0.6 is 11.8 Å². The van der Waals surface area contributed by atoms with Crippen LogP contribution in [0, 0.1) is 0 Å². The van der Waals surface area contributed by atoms with E-state index >= 15 is 0 Å². The molecule has 0 aliphatic carbocycles. The molecule has 1 heterocycles. The van der Waals surface area contributed by atoms with Crippen molar-refractivity contribution >= 4 is 24.6 Å². The van der Waals surface area contributed by atoms with E-state index in [1.165, 1.54) is 12.8 Å². The van der Waals surface area contributed by atoms with E-state index in [0.717, 1.165) is 10.9 Å². The quantitative estimate of drug-likeness (QED) is 0.364. The fourth-order valence-electron chi connectivity index (χ4n) is 0.668. The Morgan fingerprint density at radius 3 is 2.29 bits per heavy atom. The van der Waals surface area contributed by atoms with Crippen molar-refractivity contribution in [1.29, 1.82) is 0 Å². The van der Waals surface area contributed by atoms with Gasteiger partial charge in [-0.1, -0.05) is 25.1 Å². The molecule has 0 radical (unpaired) electrons. The molecule has 6 nitrogen and oxygen atoms in total. The van der Waals surface area contributed by atoms with Gasteiger partial charge in [0.1, 0.15) is 0 Å². The second-order valence-corrected chi connectivity index (χ2v) is 3.54. The predicted octanol–water partition coefficient (Wildman–Crippen LogP) is 1.17. The first kappa shape index (κ1) is 17.8. The summed E-state index contributed by atoms with van der Waals surface area (Å²) >= 11 is 1.72. The second-order valence-electron chi connectivity index (χ2n) is 2.47. The maximum absolute atomic E-state index is 8.58. The van der Waals surface area contributed by atoms with Gasteiger partial charge in [0.15, 0.2) is 5.16 Å². The van der Waals surface area contributed by atoms with E-state index in [1.54, 1.807) is 24.2 Å². The summed E-state index contributed by atoms with van der Waals surface area (Å²) < 4.78 is 0. The largest absolute Gasteiger partial charge is 0.483 e.